The van der Waals surface area contributed by atoms with Crippen LogP contribution in [-0.2, 0) is 5.41 Å². The number of aliphatic hydroxyl groups excluding tert-OH is 1. The standard InChI is InChI=1S/C13H19ClO2/c1-13(2,3)10-4-6-12(7-5-10)16-9-11(15)8-14/h4-7,11,15H,8-9H2,1-3H3/t11-/m1/s1. The number of rotatable bonds is 4. The highest BCUT2D eigenvalue weighted by Crippen LogP contribution is 2.24. The third-order valence-electron chi connectivity index (χ3n) is 2.34. The van der Waals surface area contributed by atoms with Crippen molar-refractivity contribution >= 4 is 11.6 Å². The molecule has 16 heavy (non-hydrogen) atoms. The van der Waals surface area contributed by atoms with Gasteiger partial charge in [0.05, 0.1) is 5.88 Å². The molecule has 0 spiro atoms. The lowest BCUT2D eigenvalue weighted by atomic mass is 9.87. The second kappa shape index (κ2) is 5.55. The van der Waals surface area contributed by atoms with Gasteiger partial charge in [-0.25, -0.2) is 0 Å². The molecule has 1 aromatic carbocycles. The van der Waals surface area contributed by atoms with Crippen molar-refractivity contribution in [2.75, 3.05) is 12.5 Å². The fraction of sp³-hybridized carbons (Fsp3) is 0.538. The van der Waals surface area contributed by atoms with Crippen molar-refractivity contribution in [3.63, 3.8) is 0 Å². The topological polar surface area (TPSA) is 29.5 Å². The summed E-state index contributed by atoms with van der Waals surface area (Å²) in [6.45, 7) is 6.73. The summed E-state index contributed by atoms with van der Waals surface area (Å²) in [6.07, 6.45) is -0.607. The Kier molecular flexibility index (Phi) is 4.63. The van der Waals surface area contributed by atoms with Gasteiger partial charge in [-0.15, -0.1) is 11.6 Å². The minimum Gasteiger partial charge on any atom is -0.491 e. The Morgan fingerprint density at radius 1 is 1.25 bits per heavy atom. The zero-order valence-corrected chi connectivity index (χ0v) is 10.8. The van der Waals surface area contributed by atoms with Crippen LogP contribution in [-0.4, -0.2) is 23.7 Å². The Labute approximate surface area is 102 Å². The molecule has 0 aliphatic carbocycles. The second-order valence-corrected chi connectivity index (χ2v) is 5.20. The molecule has 2 nitrogen and oxygen atoms in total. The normalized spacial score (nSPS) is 13.6. The number of hydrogen-bond donors (Lipinski definition) is 1. The molecule has 0 heterocycles. The second-order valence-electron chi connectivity index (χ2n) is 4.89. The van der Waals surface area contributed by atoms with Crippen LogP contribution >= 0.6 is 11.6 Å². The smallest absolute Gasteiger partial charge is 0.119 e. The Morgan fingerprint density at radius 2 is 1.81 bits per heavy atom. The maximum absolute atomic E-state index is 9.25. The third-order valence-corrected chi connectivity index (χ3v) is 2.70. The number of aliphatic hydroxyl groups is 1. The summed E-state index contributed by atoms with van der Waals surface area (Å²) >= 11 is 5.47. The number of hydrogen-bond acceptors (Lipinski definition) is 2. The molecule has 0 saturated heterocycles. The molecule has 90 valence electrons. The molecule has 0 fully saturated rings. The van der Waals surface area contributed by atoms with Crippen molar-refractivity contribution in [1.29, 1.82) is 0 Å². The first kappa shape index (κ1) is 13.3. The minimum absolute atomic E-state index is 0.147. The van der Waals surface area contributed by atoms with Crippen molar-refractivity contribution in [2.45, 2.75) is 32.3 Å². The maximum atomic E-state index is 9.25. The monoisotopic (exact) mass is 242 g/mol. The van der Waals surface area contributed by atoms with Gasteiger partial charge in [-0.05, 0) is 23.1 Å². The molecule has 3 heteroatoms. The van der Waals surface area contributed by atoms with Gasteiger partial charge >= 0.3 is 0 Å². The molecule has 0 radical (unpaired) electrons. The van der Waals surface area contributed by atoms with E-state index in [2.05, 4.69) is 20.8 Å². The molecule has 1 atom stereocenters. The van der Waals surface area contributed by atoms with Crippen molar-refractivity contribution in [1.82, 2.24) is 0 Å². The zero-order valence-electron chi connectivity index (χ0n) is 10.0. The van der Waals surface area contributed by atoms with E-state index in [0.717, 1.165) is 5.75 Å². The predicted octanol–water partition coefficient (Wildman–Crippen LogP) is 2.96. The van der Waals surface area contributed by atoms with Crippen LogP contribution in [0.4, 0.5) is 0 Å². The Morgan fingerprint density at radius 3 is 2.25 bits per heavy atom. The lowest BCUT2D eigenvalue weighted by Gasteiger charge is -2.19. The summed E-state index contributed by atoms with van der Waals surface area (Å²) in [7, 11) is 0. The molecule has 0 amide bonds. The quantitative estimate of drug-likeness (QED) is 0.823. The Balaban J connectivity index is 2.58. The highest BCUT2D eigenvalue weighted by molar-refractivity contribution is 6.18. The summed E-state index contributed by atoms with van der Waals surface area (Å²) < 4.78 is 5.39. The van der Waals surface area contributed by atoms with Crippen molar-refractivity contribution < 1.29 is 9.84 Å². The van der Waals surface area contributed by atoms with Gasteiger partial charge < -0.3 is 9.84 Å². The predicted molar refractivity (Wildman–Crippen MR) is 67.4 cm³/mol. The summed E-state index contributed by atoms with van der Waals surface area (Å²) in [5, 5.41) is 9.25. The molecule has 0 saturated carbocycles. The number of ether oxygens (including phenoxy) is 1. The molecule has 1 rings (SSSR count). The third kappa shape index (κ3) is 4.03. The van der Waals surface area contributed by atoms with Gasteiger partial charge in [0.15, 0.2) is 0 Å². The number of alkyl halides is 1. The van der Waals surface area contributed by atoms with Crippen LogP contribution in [0.1, 0.15) is 26.3 Å². The van der Waals surface area contributed by atoms with E-state index < -0.39 is 6.10 Å². The maximum Gasteiger partial charge on any atom is 0.119 e. The van der Waals surface area contributed by atoms with E-state index in [-0.39, 0.29) is 17.9 Å². The van der Waals surface area contributed by atoms with E-state index in [4.69, 9.17) is 16.3 Å². The van der Waals surface area contributed by atoms with Crippen LogP contribution in [0.5, 0.6) is 5.75 Å². The van der Waals surface area contributed by atoms with Crippen LogP contribution in [0.25, 0.3) is 0 Å². The first-order chi connectivity index (χ1) is 7.43. The Bertz CT molecular complexity index is 314. The first-order valence-corrected chi connectivity index (χ1v) is 5.94. The van der Waals surface area contributed by atoms with Crippen LogP contribution < -0.4 is 4.74 Å². The van der Waals surface area contributed by atoms with E-state index in [1.165, 1.54) is 5.56 Å². The minimum atomic E-state index is -0.607. The van der Waals surface area contributed by atoms with E-state index in [1.807, 2.05) is 24.3 Å². The van der Waals surface area contributed by atoms with Crippen molar-refractivity contribution in [2.24, 2.45) is 0 Å². The van der Waals surface area contributed by atoms with E-state index in [9.17, 15) is 5.11 Å². The number of halogens is 1. The summed E-state index contributed by atoms with van der Waals surface area (Å²) in [4.78, 5) is 0. The fourth-order valence-corrected chi connectivity index (χ4v) is 1.38. The summed E-state index contributed by atoms with van der Waals surface area (Å²) in [6, 6.07) is 7.92. The molecular weight excluding hydrogens is 224 g/mol. The molecule has 1 N–H and O–H groups in total. The van der Waals surface area contributed by atoms with Crippen LogP contribution in [0, 0.1) is 0 Å². The van der Waals surface area contributed by atoms with Gasteiger partial charge in [0.2, 0.25) is 0 Å². The van der Waals surface area contributed by atoms with Gasteiger partial charge in [-0.2, -0.15) is 0 Å². The average molecular weight is 243 g/mol. The Hall–Kier alpha value is -0.730. The number of benzene rings is 1. The first-order valence-electron chi connectivity index (χ1n) is 5.41. The average Bonchev–Trinajstić information content (AvgIpc) is 2.25. The highest BCUT2D eigenvalue weighted by atomic mass is 35.5. The molecule has 0 unspecified atom stereocenters. The molecule has 0 bridgehead atoms. The van der Waals surface area contributed by atoms with Crippen LogP contribution in [0.2, 0.25) is 0 Å². The van der Waals surface area contributed by atoms with Gasteiger partial charge in [0.25, 0.3) is 0 Å². The molecule has 0 aliphatic heterocycles. The molecule has 1 aromatic rings. The lowest BCUT2D eigenvalue weighted by Crippen LogP contribution is -2.19. The van der Waals surface area contributed by atoms with E-state index in [0.29, 0.717) is 0 Å². The lowest BCUT2D eigenvalue weighted by molar-refractivity contribution is 0.125. The van der Waals surface area contributed by atoms with Gasteiger partial charge in [-0.1, -0.05) is 32.9 Å². The largest absolute Gasteiger partial charge is 0.491 e. The molecule has 0 aromatic heterocycles. The van der Waals surface area contributed by atoms with Gasteiger partial charge in [0, 0.05) is 0 Å². The van der Waals surface area contributed by atoms with Crippen molar-refractivity contribution in [3.8, 4) is 5.75 Å². The molecule has 0 aliphatic rings. The SMILES string of the molecule is CC(C)(C)c1ccc(OC[C@H](O)CCl)cc1. The van der Waals surface area contributed by atoms with Crippen LogP contribution in [0.15, 0.2) is 24.3 Å². The molecular formula is C13H19ClO2. The van der Waals surface area contributed by atoms with Crippen LogP contribution in [0.3, 0.4) is 0 Å². The van der Waals surface area contributed by atoms with Crippen molar-refractivity contribution in [3.05, 3.63) is 29.8 Å². The fourth-order valence-electron chi connectivity index (χ4n) is 1.29. The highest BCUT2D eigenvalue weighted by Gasteiger charge is 2.13. The van der Waals surface area contributed by atoms with Gasteiger partial charge in [0.1, 0.15) is 18.5 Å². The summed E-state index contributed by atoms with van der Waals surface area (Å²) in [5.41, 5.74) is 1.41. The van der Waals surface area contributed by atoms with Gasteiger partial charge in [-0.3, -0.25) is 0 Å². The van der Waals surface area contributed by atoms with E-state index >= 15 is 0 Å². The zero-order chi connectivity index (χ0) is 12.2. The van der Waals surface area contributed by atoms with E-state index in [1.54, 1.807) is 0 Å². The summed E-state index contributed by atoms with van der Waals surface area (Å²) in [5.74, 6) is 0.956.